The lowest BCUT2D eigenvalue weighted by molar-refractivity contribution is -0.173. The number of fused-ring (bicyclic) bond motifs is 1. The van der Waals surface area contributed by atoms with Crippen LogP contribution in [0.3, 0.4) is 0 Å². The van der Waals surface area contributed by atoms with E-state index in [4.69, 9.17) is 4.74 Å². The second kappa shape index (κ2) is 7.70. The molecule has 1 aromatic heterocycles. The van der Waals surface area contributed by atoms with Gasteiger partial charge in [0, 0.05) is 25.6 Å². The monoisotopic (exact) mass is 408 g/mol. The summed E-state index contributed by atoms with van der Waals surface area (Å²) in [6.07, 6.45) is -2.93. The van der Waals surface area contributed by atoms with Crippen molar-refractivity contribution in [2.75, 3.05) is 18.5 Å². The molecule has 0 unspecified atom stereocenters. The van der Waals surface area contributed by atoms with E-state index in [2.05, 4.69) is 15.7 Å². The molecule has 0 saturated carbocycles. The highest BCUT2D eigenvalue weighted by Crippen LogP contribution is 2.43. The van der Waals surface area contributed by atoms with Gasteiger partial charge in [-0.1, -0.05) is 29.8 Å². The van der Waals surface area contributed by atoms with Crippen molar-refractivity contribution in [1.29, 1.82) is 0 Å². The molecule has 3 atom stereocenters. The van der Waals surface area contributed by atoms with Gasteiger partial charge in [0.15, 0.2) is 11.7 Å². The van der Waals surface area contributed by atoms with Gasteiger partial charge in [0.2, 0.25) is 0 Å². The number of carbonyl (C=O) groups excluding carboxylic acids is 1. The van der Waals surface area contributed by atoms with Crippen LogP contribution in [-0.4, -0.2) is 41.1 Å². The minimum Gasteiger partial charge on any atom is -0.376 e. The second-order valence-electron chi connectivity index (χ2n) is 7.61. The number of anilines is 1. The lowest BCUT2D eigenvalue weighted by Gasteiger charge is -2.33. The SMILES string of the molecule is Cc1ccc([C@H]2C[C@H](C(F)(F)F)n3nc(C(=O)NC[C@@H]4CCCO4)cc3N2)cc1. The van der Waals surface area contributed by atoms with Gasteiger partial charge < -0.3 is 15.4 Å². The van der Waals surface area contributed by atoms with E-state index in [9.17, 15) is 18.0 Å². The topological polar surface area (TPSA) is 68.2 Å². The molecule has 1 fully saturated rings. The molecule has 3 heterocycles. The molecule has 1 amide bonds. The molecule has 4 rings (SSSR count). The molecule has 156 valence electrons. The number of benzene rings is 1. The first-order valence-electron chi connectivity index (χ1n) is 9.70. The Labute approximate surface area is 166 Å². The molecule has 2 N–H and O–H groups in total. The standard InChI is InChI=1S/C20H23F3N4O2/c1-12-4-6-13(7-5-12)15-9-17(20(21,22)23)27-18(25-15)10-16(26-27)19(28)24-11-14-3-2-8-29-14/h4-7,10,14-15,17,25H,2-3,8-9,11H2,1H3,(H,24,28)/t14-,15+,17+/m0/s1. The molecular formula is C20H23F3N4O2. The maximum Gasteiger partial charge on any atom is 0.410 e. The molecule has 0 aliphatic carbocycles. The highest BCUT2D eigenvalue weighted by atomic mass is 19.4. The Kier molecular flexibility index (Phi) is 5.24. The normalized spacial score (nSPS) is 24.1. The second-order valence-corrected chi connectivity index (χ2v) is 7.61. The van der Waals surface area contributed by atoms with Crippen molar-refractivity contribution >= 4 is 11.7 Å². The van der Waals surface area contributed by atoms with Crippen molar-refractivity contribution in [2.45, 2.75) is 50.6 Å². The van der Waals surface area contributed by atoms with Crippen molar-refractivity contribution in [1.82, 2.24) is 15.1 Å². The maximum absolute atomic E-state index is 13.7. The number of hydrogen-bond donors (Lipinski definition) is 2. The number of nitrogens with zero attached hydrogens (tertiary/aromatic N) is 2. The van der Waals surface area contributed by atoms with Gasteiger partial charge in [-0.15, -0.1) is 0 Å². The van der Waals surface area contributed by atoms with Crippen LogP contribution in [-0.2, 0) is 4.74 Å². The molecule has 2 aromatic rings. The molecule has 0 spiro atoms. The molecule has 9 heteroatoms. The summed E-state index contributed by atoms with van der Waals surface area (Å²) in [5, 5.41) is 9.77. The number of aryl methyl sites for hydroxylation is 1. The number of carbonyl (C=O) groups is 1. The molecule has 2 aliphatic heterocycles. The summed E-state index contributed by atoms with van der Waals surface area (Å²) in [6.45, 7) is 2.91. The Morgan fingerprint density at radius 2 is 2.10 bits per heavy atom. The number of alkyl halides is 3. The fourth-order valence-electron chi connectivity index (χ4n) is 3.80. The van der Waals surface area contributed by atoms with Crippen molar-refractivity contribution in [2.24, 2.45) is 0 Å². The smallest absolute Gasteiger partial charge is 0.376 e. The number of ether oxygens (including phenoxy) is 1. The third kappa shape index (κ3) is 4.24. The van der Waals surface area contributed by atoms with Gasteiger partial charge in [-0.3, -0.25) is 4.79 Å². The van der Waals surface area contributed by atoms with E-state index in [0.29, 0.717) is 13.2 Å². The molecule has 29 heavy (non-hydrogen) atoms. The Balaban J connectivity index is 1.56. The lowest BCUT2D eigenvalue weighted by atomic mass is 9.96. The molecular weight excluding hydrogens is 385 g/mol. The van der Waals surface area contributed by atoms with Gasteiger partial charge in [-0.25, -0.2) is 4.68 Å². The van der Waals surface area contributed by atoms with E-state index in [1.165, 1.54) is 6.07 Å². The molecule has 6 nitrogen and oxygen atoms in total. The van der Waals surface area contributed by atoms with E-state index in [0.717, 1.165) is 28.7 Å². The van der Waals surface area contributed by atoms with E-state index in [1.807, 2.05) is 31.2 Å². The van der Waals surface area contributed by atoms with Gasteiger partial charge in [0.25, 0.3) is 5.91 Å². The van der Waals surface area contributed by atoms with Crippen LogP contribution in [0.1, 0.15) is 53.0 Å². The first-order chi connectivity index (χ1) is 13.8. The Morgan fingerprint density at radius 3 is 2.76 bits per heavy atom. The lowest BCUT2D eigenvalue weighted by Crippen LogP contribution is -2.36. The van der Waals surface area contributed by atoms with E-state index in [1.54, 1.807) is 0 Å². The van der Waals surface area contributed by atoms with Crippen LogP contribution in [0.25, 0.3) is 0 Å². The third-order valence-electron chi connectivity index (χ3n) is 5.42. The predicted molar refractivity (Wildman–Crippen MR) is 101 cm³/mol. The first kappa shape index (κ1) is 19.8. The number of aromatic nitrogens is 2. The van der Waals surface area contributed by atoms with Crippen LogP contribution in [0.15, 0.2) is 30.3 Å². The Morgan fingerprint density at radius 1 is 1.34 bits per heavy atom. The van der Waals surface area contributed by atoms with Gasteiger partial charge in [-0.05, 0) is 25.3 Å². The number of halogens is 3. The summed E-state index contributed by atoms with van der Waals surface area (Å²) in [5.74, 6) is -0.316. The van der Waals surface area contributed by atoms with Crippen molar-refractivity contribution in [3.63, 3.8) is 0 Å². The summed E-state index contributed by atoms with van der Waals surface area (Å²) in [4.78, 5) is 12.4. The minimum atomic E-state index is -4.47. The largest absolute Gasteiger partial charge is 0.410 e. The van der Waals surface area contributed by atoms with Crippen molar-refractivity contribution in [3.8, 4) is 0 Å². The fraction of sp³-hybridized carbons (Fsp3) is 0.500. The van der Waals surface area contributed by atoms with E-state index in [-0.39, 0.29) is 24.0 Å². The zero-order valence-corrected chi connectivity index (χ0v) is 16.0. The van der Waals surface area contributed by atoms with Gasteiger partial charge >= 0.3 is 6.18 Å². The van der Waals surface area contributed by atoms with Crippen LogP contribution < -0.4 is 10.6 Å². The molecule has 2 aliphatic rings. The summed E-state index contributed by atoms with van der Waals surface area (Å²) >= 11 is 0. The summed E-state index contributed by atoms with van der Waals surface area (Å²) in [5.41, 5.74) is 1.76. The number of amides is 1. The highest BCUT2D eigenvalue weighted by molar-refractivity contribution is 5.93. The van der Waals surface area contributed by atoms with Crippen LogP contribution in [0.5, 0.6) is 0 Å². The third-order valence-corrected chi connectivity index (χ3v) is 5.42. The number of rotatable bonds is 4. The molecule has 1 aromatic carbocycles. The van der Waals surface area contributed by atoms with Crippen LogP contribution in [0.2, 0.25) is 0 Å². The first-order valence-corrected chi connectivity index (χ1v) is 9.70. The zero-order chi connectivity index (χ0) is 20.6. The zero-order valence-electron chi connectivity index (χ0n) is 16.0. The van der Waals surface area contributed by atoms with Crippen LogP contribution in [0.4, 0.5) is 19.0 Å². The van der Waals surface area contributed by atoms with Gasteiger partial charge in [-0.2, -0.15) is 18.3 Å². The van der Waals surface area contributed by atoms with Crippen molar-refractivity contribution in [3.05, 3.63) is 47.2 Å². The Bertz CT molecular complexity index is 873. The predicted octanol–water partition coefficient (Wildman–Crippen LogP) is 3.76. The average molecular weight is 408 g/mol. The fourth-order valence-corrected chi connectivity index (χ4v) is 3.80. The van der Waals surface area contributed by atoms with Gasteiger partial charge in [0.05, 0.1) is 12.1 Å². The van der Waals surface area contributed by atoms with Crippen LogP contribution >= 0.6 is 0 Å². The average Bonchev–Trinajstić information content (AvgIpc) is 3.34. The number of nitrogens with one attached hydrogen (secondary N) is 2. The minimum absolute atomic E-state index is 0.0377. The van der Waals surface area contributed by atoms with E-state index < -0.39 is 24.2 Å². The summed E-state index contributed by atoms with van der Waals surface area (Å²) < 4.78 is 47.5. The molecule has 0 radical (unpaired) electrons. The maximum atomic E-state index is 13.7. The van der Waals surface area contributed by atoms with Crippen LogP contribution in [0, 0.1) is 6.92 Å². The molecule has 1 saturated heterocycles. The molecule has 0 bridgehead atoms. The summed E-state index contributed by atoms with van der Waals surface area (Å²) in [7, 11) is 0. The number of hydrogen-bond acceptors (Lipinski definition) is 4. The van der Waals surface area contributed by atoms with Gasteiger partial charge in [0.1, 0.15) is 5.82 Å². The quantitative estimate of drug-likeness (QED) is 0.808. The highest BCUT2D eigenvalue weighted by Gasteiger charge is 2.46. The van der Waals surface area contributed by atoms with Crippen molar-refractivity contribution < 1.29 is 22.7 Å². The van der Waals surface area contributed by atoms with E-state index >= 15 is 0 Å². The summed E-state index contributed by atoms with van der Waals surface area (Å²) in [6, 6.07) is 6.44. The Hall–Kier alpha value is -2.55.